The van der Waals surface area contributed by atoms with Gasteiger partial charge in [0.1, 0.15) is 5.75 Å². The van der Waals surface area contributed by atoms with Crippen molar-refractivity contribution in [1.82, 2.24) is 0 Å². The highest BCUT2D eigenvalue weighted by molar-refractivity contribution is 6.35. The van der Waals surface area contributed by atoms with Crippen LogP contribution in [0.25, 0.3) is 0 Å². The summed E-state index contributed by atoms with van der Waals surface area (Å²) in [6, 6.07) is 10.1. The van der Waals surface area contributed by atoms with Crippen LogP contribution in [0.5, 0.6) is 5.75 Å². The predicted molar refractivity (Wildman–Crippen MR) is 102 cm³/mol. The van der Waals surface area contributed by atoms with E-state index in [1.807, 2.05) is 19.9 Å². The number of hydrogen-bond acceptors (Lipinski definition) is 5. The maximum absolute atomic E-state index is 13.3. The zero-order chi connectivity index (χ0) is 19.9. The molecule has 6 nitrogen and oxygen atoms in total. The van der Waals surface area contributed by atoms with Crippen LogP contribution in [0.3, 0.4) is 0 Å². The highest BCUT2D eigenvalue weighted by atomic mass is 16.5. The molecule has 0 radical (unpaired) electrons. The lowest BCUT2D eigenvalue weighted by molar-refractivity contribution is -0.114. The van der Waals surface area contributed by atoms with E-state index < -0.39 is 17.1 Å². The number of fused-ring (bicyclic) bond motifs is 1. The second kappa shape index (κ2) is 6.63. The summed E-state index contributed by atoms with van der Waals surface area (Å²) >= 11 is 0. The maximum atomic E-state index is 13.3. The van der Waals surface area contributed by atoms with Crippen LogP contribution < -0.4 is 15.8 Å². The minimum atomic E-state index is -1.89. The van der Waals surface area contributed by atoms with Crippen LogP contribution in [-0.2, 0) is 10.3 Å². The fraction of sp³-hybridized carbons (Fsp3) is 0.286. The molecule has 2 aromatic rings. The van der Waals surface area contributed by atoms with Crippen LogP contribution in [0.2, 0.25) is 0 Å². The zero-order valence-corrected chi connectivity index (χ0v) is 15.8. The molecule has 1 aliphatic rings. The highest BCUT2D eigenvalue weighted by Gasteiger charge is 2.53. The van der Waals surface area contributed by atoms with Crippen molar-refractivity contribution in [2.75, 3.05) is 12.4 Å². The lowest BCUT2D eigenvalue weighted by Crippen LogP contribution is -2.47. The van der Waals surface area contributed by atoms with E-state index in [0.717, 1.165) is 5.56 Å². The number of methoxy groups -OCH3 is 1. The van der Waals surface area contributed by atoms with Crippen molar-refractivity contribution in [3.63, 3.8) is 0 Å². The third-order valence-electron chi connectivity index (χ3n) is 4.88. The number of nitrogens with two attached hydrogens (primary N) is 1. The van der Waals surface area contributed by atoms with Gasteiger partial charge < -0.3 is 15.8 Å². The molecule has 0 aromatic heterocycles. The molecule has 1 aliphatic carbocycles. The van der Waals surface area contributed by atoms with E-state index in [1.54, 1.807) is 30.3 Å². The Morgan fingerprint density at radius 2 is 1.85 bits per heavy atom. The lowest BCUT2D eigenvalue weighted by atomic mass is 9.84. The molecular formula is C21H22N2O4. The number of rotatable bonds is 4. The van der Waals surface area contributed by atoms with Gasteiger partial charge in [0.25, 0.3) is 0 Å². The van der Waals surface area contributed by atoms with Crippen LogP contribution in [0.1, 0.15) is 58.5 Å². The fourth-order valence-corrected chi connectivity index (χ4v) is 3.43. The van der Waals surface area contributed by atoms with Gasteiger partial charge in [-0.3, -0.25) is 14.4 Å². The second-order valence-corrected chi connectivity index (χ2v) is 6.99. The number of carbonyl (C=O) groups excluding carboxylic acids is 3. The van der Waals surface area contributed by atoms with Crippen molar-refractivity contribution >= 4 is 23.2 Å². The van der Waals surface area contributed by atoms with Crippen LogP contribution in [0, 0.1) is 0 Å². The molecule has 0 aliphatic heterocycles. The molecule has 1 unspecified atom stereocenters. The SMILES string of the molecule is COc1cc(C(C)C)ccc1C1(N)C(=O)c2cccc(NC(C)=O)c2C1=O. The van der Waals surface area contributed by atoms with Crippen molar-refractivity contribution in [2.24, 2.45) is 5.73 Å². The number of benzene rings is 2. The molecule has 1 amide bonds. The van der Waals surface area contributed by atoms with Crippen molar-refractivity contribution in [2.45, 2.75) is 32.2 Å². The van der Waals surface area contributed by atoms with Gasteiger partial charge in [0.15, 0.2) is 17.1 Å². The third kappa shape index (κ3) is 2.82. The van der Waals surface area contributed by atoms with Gasteiger partial charge in [0.2, 0.25) is 5.91 Å². The number of ether oxygens (including phenoxy) is 1. The van der Waals surface area contributed by atoms with E-state index in [-0.39, 0.29) is 28.6 Å². The molecule has 0 saturated heterocycles. The molecule has 27 heavy (non-hydrogen) atoms. The van der Waals surface area contributed by atoms with Crippen molar-refractivity contribution < 1.29 is 19.1 Å². The summed E-state index contributed by atoms with van der Waals surface area (Å²) in [6.07, 6.45) is 0. The minimum absolute atomic E-state index is 0.134. The van der Waals surface area contributed by atoms with Gasteiger partial charge >= 0.3 is 0 Å². The lowest BCUT2D eigenvalue weighted by Gasteiger charge is -2.24. The first-order chi connectivity index (χ1) is 12.7. The number of anilines is 1. The quantitative estimate of drug-likeness (QED) is 0.811. The summed E-state index contributed by atoms with van der Waals surface area (Å²) in [5.74, 6) is -0.760. The Morgan fingerprint density at radius 3 is 2.44 bits per heavy atom. The van der Waals surface area contributed by atoms with E-state index in [0.29, 0.717) is 11.3 Å². The molecule has 0 fully saturated rings. The number of Topliss-reactive ketones (excluding diaryl/α,β-unsaturated/α-hetero) is 2. The Bertz CT molecular complexity index is 965. The summed E-state index contributed by atoms with van der Waals surface area (Å²) in [7, 11) is 1.48. The monoisotopic (exact) mass is 366 g/mol. The molecule has 140 valence electrons. The Balaban J connectivity index is 2.19. The first-order valence-electron chi connectivity index (χ1n) is 8.69. The number of nitrogens with one attached hydrogen (secondary N) is 1. The Labute approximate surface area is 157 Å². The Kier molecular flexibility index (Phi) is 4.61. The van der Waals surface area contributed by atoms with Crippen LogP contribution in [0.4, 0.5) is 5.69 Å². The molecule has 0 saturated carbocycles. The van der Waals surface area contributed by atoms with Gasteiger partial charge in [-0.2, -0.15) is 0 Å². The summed E-state index contributed by atoms with van der Waals surface area (Å²) in [5, 5.41) is 2.60. The van der Waals surface area contributed by atoms with Gasteiger partial charge in [-0.1, -0.05) is 38.1 Å². The normalized spacial score (nSPS) is 18.6. The first-order valence-corrected chi connectivity index (χ1v) is 8.69. The van der Waals surface area contributed by atoms with Crippen molar-refractivity contribution in [3.05, 3.63) is 58.7 Å². The summed E-state index contributed by atoms with van der Waals surface area (Å²) in [5.41, 5.74) is 6.47. The molecule has 0 spiro atoms. The second-order valence-electron chi connectivity index (χ2n) is 6.99. The van der Waals surface area contributed by atoms with Crippen LogP contribution >= 0.6 is 0 Å². The number of amides is 1. The van der Waals surface area contributed by atoms with E-state index in [4.69, 9.17) is 10.5 Å². The van der Waals surface area contributed by atoms with Crippen LogP contribution in [-0.4, -0.2) is 24.6 Å². The Morgan fingerprint density at radius 1 is 1.15 bits per heavy atom. The van der Waals surface area contributed by atoms with Gasteiger partial charge in [-0.25, -0.2) is 0 Å². The van der Waals surface area contributed by atoms with Crippen molar-refractivity contribution in [3.8, 4) is 5.75 Å². The molecule has 3 rings (SSSR count). The van der Waals surface area contributed by atoms with Gasteiger partial charge in [0.05, 0.1) is 18.4 Å². The van der Waals surface area contributed by atoms with E-state index >= 15 is 0 Å². The molecular weight excluding hydrogens is 344 g/mol. The summed E-state index contributed by atoms with van der Waals surface area (Å²) < 4.78 is 5.45. The molecule has 3 N–H and O–H groups in total. The average molecular weight is 366 g/mol. The smallest absolute Gasteiger partial charge is 0.221 e. The maximum Gasteiger partial charge on any atom is 0.221 e. The topological polar surface area (TPSA) is 98.5 Å². The Hall–Kier alpha value is -2.99. The molecule has 0 heterocycles. The molecule has 1 atom stereocenters. The van der Waals surface area contributed by atoms with Gasteiger partial charge in [-0.05, 0) is 23.6 Å². The molecule has 0 bridgehead atoms. The average Bonchev–Trinajstić information content (AvgIpc) is 2.83. The van der Waals surface area contributed by atoms with E-state index in [9.17, 15) is 14.4 Å². The zero-order valence-electron chi connectivity index (χ0n) is 15.8. The third-order valence-corrected chi connectivity index (χ3v) is 4.88. The number of ketones is 2. The van der Waals surface area contributed by atoms with Crippen molar-refractivity contribution in [1.29, 1.82) is 0 Å². The largest absolute Gasteiger partial charge is 0.496 e. The van der Waals surface area contributed by atoms with E-state index in [1.165, 1.54) is 14.0 Å². The predicted octanol–water partition coefficient (Wildman–Crippen LogP) is 3.01. The first kappa shape index (κ1) is 18.8. The molecule has 2 aromatic carbocycles. The summed E-state index contributed by atoms with van der Waals surface area (Å²) in [6.45, 7) is 5.41. The minimum Gasteiger partial charge on any atom is -0.496 e. The number of hydrogen-bond donors (Lipinski definition) is 2. The standard InChI is InChI=1S/C21H22N2O4/c1-11(2)13-8-9-15(17(10-13)27-4)21(22)19(25)14-6-5-7-16(23-12(3)24)18(14)20(21)26/h5-11H,22H2,1-4H3,(H,23,24). The fourth-order valence-electron chi connectivity index (χ4n) is 3.43. The van der Waals surface area contributed by atoms with Gasteiger partial charge in [-0.15, -0.1) is 0 Å². The highest BCUT2D eigenvalue weighted by Crippen LogP contribution is 2.42. The number of carbonyl (C=O) groups is 3. The van der Waals surface area contributed by atoms with E-state index in [2.05, 4.69) is 5.32 Å². The van der Waals surface area contributed by atoms with Gasteiger partial charge in [0, 0.05) is 18.1 Å². The molecule has 6 heteroatoms. The van der Waals surface area contributed by atoms with Crippen LogP contribution in [0.15, 0.2) is 36.4 Å². The summed E-state index contributed by atoms with van der Waals surface area (Å²) in [4.78, 5) is 37.9.